The molecule has 0 saturated carbocycles. The van der Waals surface area contributed by atoms with Gasteiger partial charge in [0.1, 0.15) is 17.1 Å². The topological polar surface area (TPSA) is 104 Å². The molecule has 0 fully saturated rings. The number of hydrogen-bond acceptors (Lipinski definition) is 5. The number of thiocarbonyl (C=S) groups is 1. The summed E-state index contributed by atoms with van der Waals surface area (Å²) < 4.78 is 4.78. The second-order valence-electron chi connectivity index (χ2n) is 3.31. The normalized spacial score (nSPS) is 10.3. The molecule has 7 nitrogen and oxygen atoms in total. The lowest BCUT2D eigenvalue weighted by Gasteiger charge is -2.02. The van der Waals surface area contributed by atoms with E-state index in [2.05, 4.69) is 15.8 Å². The number of carbonyl (C=O) groups is 1. The maximum absolute atomic E-state index is 11.4. The molecule has 0 spiro atoms. The van der Waals surface area contributed by atoms with Crippen molar-refractivity contribution >= 4 is 29.5 Å². The van der Waals surface area contributed by atoms with Gasteiger partial charge in [-0.3, -0.25) is 15.6 Å². The highest BCUT2D eigenvalue weighted by molar-refractivity contribution is 7.80. The lowest BCUT2D eigenvalue weighted by molar-refractivity contribution is -0.119. The number of nitrogens with one attached hydrogen (secondary N) is 2. The molecule has 0 bridgehead atoms. The fraction of sp³-hybridized carbons (Fsp3) is 0.200. The van der Waals surface area contributed by atoms with Crippen molar-refractivity contribution in [3.8, 4) is 5.75 Å². The van der Waals surface area contributed by atoms with E-state index in [0.717, 1.165) is 6.21 Å². The summed E-state index contributed by atoms with van der Waals surface area (Å²) in [7, 11) is 0. The van der Waals surface area contributed by atoms with Crippen LogP contribution in [0.3, 0.4) is 0 Å². The summed E-state index contributed by atoms with van der Waals surface area (Å²) in [5, 5.41) is 9.45. The van der Waals surface area contributed by atoms with Crippen molar-refractivity contribution in [1.29, 1.82) is 0 Å². The lowest BCUT2D eigenvalue weighted by Crippen LogP contribution is -2.38. The van der Waals surface area contributed by atoms with Gasteiger partial charge in [-0.25, -0.2) is 9.79 Å². The number of aryl methyl sites for hydroxylation is 1. The van der Waals surface area contributed by atoms with E-state index in [1.807, 2.05) is 0 Å². The Bertz CT molecular complexity index is 565. The molecule has 3 N–H and O–H groups in total. The smallest absolute Gasteiger partial charge is 0.348 e. The van der Waals surface area contributed by atoms with Crippen LogP contribution in [0.5, 0.6) is 5.75 Å². The molecule has 1 aromatic heterocycles. The Labute approximate surface area is 108 Å². The molecule has 96 valence electrons. The van der Waals surface area contributed by atoms with Crippen molar-refractivity contribution in [3.63, 3.8) is 0 Å². The van der Waals surface area contributed by atoms with Crippen LogP contribution in [0, 0.1) is 6.92 Å². The Hall–Kier alpha value is -2.22. The van der Waals surface area contributed by atoms with Crippen molar-refractivity contribution in [2.75, 3.05) is 0 Å². The molecule has 0 aromatic carbocycles. The van der Waals surface area contributed by atoms with Gasteiger partial charge in [0.15, 0.2) is 0 Å². The average Bonchev–Trinajstić information content (AvgIpc) is 2.24. The summed E-state index contributed by atoms with van der Waals surface area (Å²) >= 11 is 4.75. The van der Waals surface area contributed by atoms with Crippen molar-refractivity contribution in [3.05, 3.63) is 27.8 Å². The molecular weight excluding hydrogens is 258 g/mol. The molecule has 18 heavy (non-hydrogen) atoms. The number of hydrogen-bond donors (Lipinski definition) is 3. The van der Waals surface area contributed by atoms with Gasteiger partial charge >= 0.3 is 5.63 Å². The van der Waals surface area contributed by atoms with Crippen molar-refractivity contribution in [2.45, 2.75) is 13.8 Å². The predicted octanol–water partition coefficient (Wildman–Crippen LogP) is -0.00168. The minimum atomic E-state index is -0.724. The minimum Gasteiger partial charge on any atom is -0.507 e. The van der Waals surface area contributed by atoms with Gasteiger partial charge in [0.05, 0.1) is 0 Å². The Kier molecular flexibility index (Phi) is 4.55. The second kappa shape index (κ2) is 5.92. The molecule has 1 rings (SSSR count). The second-order valence-corrected chi connectivity index (χ2v) is 3.70. The molecule has 1 amide bonds. The molecule has 1 heterocycles. The van der Waals surface area contributed by atoms with Crippen LogP contribution in [0.2, 0.25) is 0 Å². The minimum absolute atomic E-state index is 0.0652. The van der Waals surface area contributed by atoms with Crippen LogP contribution in [-0.2, 0) is 4.79 Å². The molecule has 0 radical (unpaired) electrons. The zero-order valence-corrected chi connectivity index (χ0v) is 10.5. The number of aliphatic imine (C=N–C) groups is 1. The highest BCUT2D eigenvalue weighted by Gasteiger charge is 2.07. The van der Waals surface area contributed by atoms with Crippen LogP contribution in [0.25, 0.3) is 0 Å². The van der Waals surface area contributed by atoms with E-state index in [1.165, 1.54) is 19.9 Å². The lowest BCUT2D eigenvalue weighted by atomic mass is 10.2. The fourth-order valence-electron chi connectivity index (χ4n) is 1.02. The molecule has 0 aliphatic rings. The first-order valence-corrected chi connectivity index (χ1v) is 5.25. The van der Waals surface area contributed by atoms with Crippen LogP contribution in [0.4, 0.5) is 0 Å². The number of rotatable bonds is 1. The van der Waals surface area contributed by atoms with Crippen molar-refractivity contribution < 1.29 is 14.3 Å². The van der Waals surface area contributed by atoms with Crippen molar-refractivity contribution in [2.24, 2.45) is 4.99 Å². The first-order chi connectivity index (χ1) is 8.40. The Morgan fingerprint density at radius 2 is 2.22 bits per heavy atom. The van der Waals surface area contributed by atoms with Gasteiger partial charge in [0.2, 0.25) is 11.0 Å². The van der Waals surface area contributed by atoms with Gasteiger partial charge in [-0.15, -0.1) is 0 Å². The van der Waals surface area contributed by atoms with E-state index >= 15 is 0 Å². The van der Waals surface area contributed by atoms with Gasteiger partial charge in [-0.05, 0) is 19.1 Å². The van der Waals surface area contributed by atoms with Crippen molar-refractivity contribution in [1.82, 2.24) is 10.9 Å². The van der Waals surface area contributed by atoms with Crippen LogP contribution in [0.1, 0.15) is 18.2 Å². The van der Waals surface area contributed by atoms with Crippen LogP contribution < -0.4 is 16.5 Å². The Morgan fingerprint density at radius 3 is 2.78 bits per heavy atom. The Morgan fingerprint density at radius 1 is 1.56 bits per heavy atom. The largest absolute Gasteiger partial charge is 0.507 e. The zero-order chi connectivity index (χ0) is 13.7. The van der Waals surface area contributed by atoms with E-state index in [1.54, 1.807) is 0 Å². The molecule has 0 saturated heterocycles. The number of carbonyl (C=O) groups excluding carboxylic acids is 1. The number of nitrogens with zero attached hydrogens (tertiary/aromatic N) is 1. The third kappa shape index (κ3) is 3.98. The monoisotopic (exact) mass is 269 g/mol. The van der Waals surface area contributed by atoms with E-state index in [4.69, 9.17) is 16.6 Å². The van der Waals surface area contributed by atoms with Gasteiger partial charge < -0.3 is 9.52 Å². The first kappa shape index (κ1) is 13.8. The van der Waals surface area contributed by atoms with E-state index in [0.29, 0.717) is 0 Å². The molecule has 0 unspecified atom stereocenters. The average molecular weight is 269 g/mol. The summed E-state index contributed by atoms with van der Waals surface area (Å²) in [4.78, 5) is 25.6. The van der Waals surface area contributed by atoms with E-state index in [9.17, 15) is 14.7 Å². The maximum Gasteiger partial charge on any atom is 0.348 e. The summed E-state index contributed by atoms with van der Waals surface area (Å²) in [5.74, 6) is -0.311. The third-order valence-electron chi connectivity index (χ3n) is 1.75. The summed E-state index contributed by atoms with van der Waals surface area (Å²) in [6, 6.07) is 1.28. The van der Waals surface area contributed by atoms with Crippen LogP contribution in [-0.4, -0.2) is 22.3 Å². The van der Waals surface area contributed by atoms with Crippen LogP contribution in [0.15, 0.2) is 20.3 Å². The summed E-state index contributed by atoms with van der Waals surface area (Å²) in [5.41, 5.74) is 3.69. The SMILES string of the molecule is CC(=O)NNC(=S)/N=C/c1c(O)cc(C)oc1=O. The zero-order valence-electron chi connectivity index (χ0n) is 9.68. The highest BCUT2D eigenvalue weighted by atomic mass is 32.1. The van der Waals surface area contributed by atoms with Gasteiger partial charge in [-0.1, -0.05) is 0 Å². The fourth-order valence-corrected chi connectivity index (χ4v) is 1.13. The molecule has 0 aliphatic heterocycles. The standard InChI is InChI=1S/C10H11N3O4S/c1-5-3-8(15)7(9(16)17-5)4-11-10(18)13-12-6(2)14/h3-4,15H,1-2H3,(H,12,14)(H,13,18)/b11-4+. The van der Waals surface area contributed by atoms with E-state index in [-0.39, 0.29) is 28.1 Å². The molecule has 1 aromatic rings. The van der Waals surface area contributed by atoms with E-state index < -0.39 is 5.63 Å². The summed E-state index contributed by atoms with van der Waals surface area (Å²) in [6.45, 7) is 2.82. The molecule has 0 aliphatic carbocycles. The number of amides is 1. The third-order valence-corrected chi connectivity index (χ3v) is 1.95. The summed E-state index contributed by atoms with van der Waals surface area (Å²) in [6.07, 6.45) is 1.05. The first-order valence-electron chi connectivity index (χ1n) is 4.84. The van der Waals surface area contributed by atoms with Gasteiger partial charge in [0, 0.05) is 19.2 Å². The van der Waals surface area contributed by atoms with Gasteiger partial charge in [0.25, 0.3) is 0 Å². The Balaban J connectivity index is 2.82. The molecule has 0 atom stereocenters. The van der Waals surface area contributed by atoms with Crippen LogP contribution >= 0.6 is 12.2 Å². The van der Waals surface area contributed by atoms with Gasteiger partial charge in [-0.2, -0.15) is 0 Å². The molecular formula is C10H11N3O4S. The quantitative estimate of drug-likeness (QED) is 0.376. The highest BCUT2D eigenvalue weighted by Crippen LogP contribution is 2.12. The predicted molar refractivity (Wildman–Crippen MR) is 68.5 cm³/mol. The maximum atomic E-state index is 11.4. The number of hydrazine groups is 1. The number of aromatic hydroxyl groups is 1. The molecule has 8 heteroatoms.